The van der Waals surface area contributed by atoms with Crippen LogP contribution >= 0.6 is 0 Å². The first kappa shape index (κ1) is 31.2. The first-order valence-corrected chi connectivity index (χ1v) is 13.9. The number of hydrogen-bond acceptors (Lipinski definition) is 8. The second-order valence-electron chi connectivity index (χ2n) is 9.97. The number of nitrogens with zero attached hydrogens (tertiary/aromatic N) is 3. The molecule has 0 atom stereocenters. The van der Waals surface area contributed by atoms with Crippen molar-refractivity contribution in [1.82, 2.24) is 9.99 Å². The molecule has 13 heteroatoms. The van der Waals surface area contributed by atoms with Crippen LogP contribution in [-0.2, 0) is 11.4 Å². The molecule has 0 unspecified atom stereocenters. The Labute approximate surface area is 262 Å². The molecule has 0 fully saturated rings. The Morgan fingerprint density at radius 2 is 1.70 bits per heavy atom. The fraction of sp³-hybridized carbons (Fsp3) is 0.121. The highest BCUT2D eigenvalue weighted by molar-refractivity contribution is 5.94. The Kier molecular flexibility index (Phi) is 9.51. The lowest BCUT2D eigenvalue weighted by Crippen LogP contribution is -2.21. The number of carbonyl (C=O) groups is 2. The van der Waals surface area contributed by atoms with Crippen LogP contribution in [0.5, 0.6) is 11.5 Å². The first-order valence-electron chi connectivity index (χ1n) is 13.9. The van der Waals surface area contributed by atoms with Gasteiger partial charge in [-0.1, -0.05) is 18.2 Å². The molecular formula is C33H28FN5O7. The van der Waals surface area contributed by atoms with Crippen LogP contribution in [0.2, 0.25) is 0 Å². The van der Waals surface area contributed by atoms with Gasteiger partial charge in [0.2, 0.25) is 5.75 Å². The van der Waals surface area contributed by atoms with Crippen molar-refractivity contribution in [2.24, 2.45) is 5.10 Å². The van der Waals surface area contributed by atoms with Gasteiger partial charge >= 0.3 is 11.6 Å². The molecule has 0 radical (unpaired) electrons. The molecule has 0 aliphatic rings. The smallest absolute Gasteiger partial charge is 0.311 e. The average molecular weight is 626 g/mol. The highest BCUT2D eigenvalue weighted by atomic mass is 19.1. The summed E-state index contributed by atoms with van der Waals surface area (Å²) in [6.07, 6.45) is 1.13. The summed E-state index contributed by atoms with van der Waals surface area (Å²) >= 11 is 0. The Hall–Kier alpha value is -6.24. The third-order valence-corrected chi connectivity index (χ3v) is 6.72. The summed E-state index contributed by atoms with van der Waals surface area (Å²) in [5, 5.41) is 17.8. The molecule has 5 rings (SSSR count). The molecule has 0 saturated heterocycles. The number of carbonyl (C=O) groups excluding carboxylic acids is 2. The van der Waals surface area contributed by atoms with E-state index in [4.69, 9.17) is 13.9 Å². The Morgan fingerprint density at radius 1 is 0.957 bits per heavy atom. The van der Waals surface area contributed by atoms with E-state index in [1.807, 2.05) is 38.1 Å². The van der Waals surface area contributed by atoms with E-state index in [0.717, 1.165) is 23.3 Å². The lowest BCUT2D eigenvalue weighted by Gasteiger charge is -2.10. The first-order chi connectivity index (χ1) is 22.2. The van der Waals surface area contributed by atoms with Gasteiger partial charge in [0.1, 0.15) is 23.9 Å². The Balaban J connectivity index is 1.17. The van der Waals surface area contributed by atoms with Gasteiger partial charge in [-0.15, -0.1) is 0 Å². The van der Waals surface area contributed by atoms with Gasteiger partial charge < -0.3 is 23.8 Å². The van der Waals surface area contributed by atoms with Crippen molar-refractivity contribution in [2.75, 3.05) is 11.9 Å². The van der Waals surface area contributed by atoms with Crippen molar-refractivity contribution >= 4 is 29.4 Å². The minimum Gasteiger partial charge on any atom is -0.486 e. The van der Waals surface area contributed by atoms with Gasteiger partial charge in [-0.25, -0.2) is 9.82 Å². The van der Waals surface area contributed by atoms with E-state index in [2.05, 4.69) is 32.5 Å². The zero-order valence-corrected chi connectivity index (χ0v) is 24.7. The van der Waals surface area contributed by atoms with E-state index < -0.39 is 34.8 Å². The number of nitrogens with one attached hydrogen (secondary N) is 2. The number of hydrogen-bond donors (Lipinski definition) is 2. The number of anilines is 1. The maximum Gasteiger partial charge on any atom is 0.311 e. The van der Waals surface area contributed by atoms with Crippen molar-refractivity contribution in [3.05, 3.63) is 135 Å². The number of aromatic nitrogens is 1. The molecule has 0 aliphatic heterocycles. The monoisotopic (exact) mass is 625 g/mol. The molecule has 2 amide bonds. The number of nitro groups is 1. The Bertz CT molecular complexity index is 1890. The van der Waals surface area contributed by atoms with Crippen molar-refractivity contribution in [3.63, 3.8) is 0 Å². The number of furan rings is 1. The number of para-hydroxylation sites is 2. The summed E-state index contributed by atoms with van der Waals surface area (Å²) in [4.78, 5) is 35.8. The molecule has 2 N–H and O–H groups in total. The maximum atomic E-state index is 13.8. The predicted octanol–water partition coefficient (Wildman–Crippen LogP) is 6.09. The molecule has 234 valence electrons. The predicted molar refractivity (Wildman–Crippen MR) is 167 cm³/mol. The molecule has 2 aromatic heterocycles. The van der Waals surface area contributed by atoms with E-state index in [-0.39, 0.29) is 29.4 Å². The topological polar surface area (TPSA) is 150 Å². The SMILES string of the molecule is Cc1ccc(C)n1-c1ccc(OCc2ccc(C(=O)N/N=C/c3cccc([N+](=O)[O-])c3OCC(=O)Nc3ccccc3F)o2)cc1. The molecule has 3 aromatic carbocycles. The van der Waals surface area contributed by atoms with Crippen molar-refractivity contribution in [1.29, 1.82) is 0 Å². The van der Waals surface area contributed by atoms with Gasteiger partial charge in [-0.05, 0) is 80.6 Å². The number of aryl methyl sites for hydroxylation is 2. The fourth-order valence-corrected chi connectivity index (χ4v) is 4.55. The molecule has 12 nitrogen and oxygen atoms in total. The largest absolute Gasteiger partial charge is 0.486 e. The molecule has 0 bridgehead atoms. The number of nitro benzene ring substituents is 1. The molecule has 0 spiro atoms. The molecule has 2 heterocycles. The van der Waals surface area contributed by atoms with Crippen LogP contribution in [0, 0.1) is 29.8 Å². The zero-order valence-electron chi connectivity index (χ0n) is 24.7. The minimum atomic E-state index is -0.740. The van der Waals surface area contributed by atoms with E-state index in [9.17, 15) is 24.1 Å². The highest BCUT2D eigenvalue weighted by Gasteiger charge is 2.20. The Morgan fingerprint density at radius 3 is 2.41 bits per heavy atom. The minimum absolute atomic E-state index is 0.0370. The van der Waals surface area contributed by atoms with Gasteiger partial charge in [0, 0.05) is 28.7 Å². The summed E-state index contributed by atoms with van der Waals surface area (Å²) in [5.74, 6) is -1.35. The molecule has 0 aliphatic carbocycles. The van der Waals surface area contributed by atoms with Crippen molar-refractivity contribution in [2.45, 2.75) is 20.5 Å². The van der Waals surface area contributed by atoms with Crippen LogP contribution in [0.1, 0.15) is 33.3 Å². The summed E-state index contributed by atoms with van der Waals surface area (Å²) in [7, 11) is 0. The van der Waals surface area contributed by atoms with Crippen molar-refractivity contribution < 1.29 is 32.8 Å². The fourth-order valence-electron chi connectivity index (χ4n) is 4.55. The van der Waals surface area contributed by atoms with Gasteiger partial charge in [0.25, 0.3) is 5.91 Å². The number of benzene rings is 3. The van der Waals surface area contributed by atoms with Crippen LogP contribution in [0.4, 0.5) is 15.8 Å². The second-order valence-corrected chi connectivity index (χ2v) is 9.97. The molecular weight excluding hydrogens is 597 g/mol. The number of ether oxygens (including phenoxy) is 2. The normalized spacial score (nSPS) is 10.9. The highest BCUT2D eigenvalue weighted by Crippen LogP contribution is 2.30. The summed E-state index contributed by atoms with van der Waals surface area (Å²) in [5.41, 5.74) is 5.15. The van der Waals surface area contributed by atoms with Crippen LogP contribution in [0.25, 0.3) is 5.69 Å². The third-order valence-electron chi connectivity index (χ3n) is 6.72. The van der Waals surface area contributed by atoms with Gasteiger partial charge in [-0.2, -0.15) is 5.10 Å². The summed E-state index contributed by atoms with van der Waals surface area (Å²) < 4.78 is 32.8. The number of halogens is 1. The van der Waals surface area contributed by atoms with Gasteiger partial charge in [0.15, 0.2) is 12.4 Å². The standard InChI is InChI=1S/C33H28FN5O7/c1-21-10-11-22(2)38(21)24-12-14-25(15-13-24)44-19-26-16-17-30(46-26)33(41)37-35-18-23-6-5-9-29(39(42)43)32(23)45-20-31(40)36-28-8-4-3-7-27(28)34/h3-18H,19-20H2,1-2H3,(H,36,40)(H,37,41)/b35-18+. The molecule has 46 heavy (non-hydrogen) atoms. The van der Waals surface area contributed by atoms with Crippen LogP contribution < -0.4 is 20.2 Å². The number of hydrazone groups is 1. The number of amides is 2. The maximum absolute atomic E-state index is 13.8. The molecule has 5 aromatic rings. The average Bonchev–Trinajstić information content (AvgIpc) is 3.66. The second kappa shape index (κ2) is 14.0. The van der Waals surface area contributed by atoms with E-state index in [1.54, 1.807) is 6.07 Å². The van der Waals surface area contributed by atoms with Crippen molar-refractivity contribution in [3.8, 4) is 17.2 Å². The summed E-state index contributed by atoms with van der Waals surface area (Å²) in [6.45, 7) is 3.50. The lowest BCUT2D eigenvalue weighted by atomic mass is 10.2. The van der Waals surface area contributed by atoms with Gasteiger partial charge in [0.05, 0.1) is 16.8 Å². The quantitative estimate of drug-likeness (QED) is 0.0967. The summed E-state index contributed by atoms with van der Waals surface area (Å²) in [6, 6.07) is 24.3. The van der Waals surface area contributed by atoms with Crippen LogP contribution in [0.15, 0.2) is 101 Å². The zero-order chi connectivity index (χ0) is 32.6. The molecule has 0 saturated carbocycles. The third kappa shape index (κ3) is 7.45. The van der Waals surface area contributed by atoms with Gasteiger partial charge in [-0.3, -0.25) is 19.7 Å². The number of rotatable bonds is 12. The van der Waals surface area contributed by atoms with E-state index in [1.165, 1.54) is 48.5 Å². The van der Waals surface area contributed by atoms with Crippen LogP contribution in [0.3, 0.4) is 0 Å². The van der Waals surface area contributed by atoms with E-state index >= 15 is 0 Å². The lowest BCUT2D eigenvalue weighted by molar-refractivity contribution is -0.385. The van der Waals surface area contributed by atoms with E-state index in [0.29, 0.717) is 11.5 Å². The van der Waals surface area contributed by atoms with Crippen LogP contribution in [-0.4, -0.2) is 34.1 Å².